The Kier molecular flexibility index (Phi) is 5.45. The molecule has 0 saturated carbocycles. The van der Waals surface area contributed by atoms with Crippen molar-refractivity contribution in [1.82, 2.24) is 10.2 Å². The maximum atomic E-state index is 12.9. The van der Waals surface area contributed by atoms with Crippen LogP contribution < -0.4 is 5.32 Å². The quantitative estimate of drug-likeness (QED) is 0.650. The maximum Gasteiger partial charge on any atom is 0.286 e. The minimum Gasteiger partial charge on any atom is -0.320 e. The van der Waals surface area contributed by atoms with E-state index in [1.54, 1.807) is 11.8 Å². The van der Waals surface area contributed by atoms with E-state index in [0.29, 0.717) is 16.4 Å². The summed E-state index contributed by atoms with van der Waals surface area (Å²) in [6.07, 6.45) is 0. The molecule has 0 aliphatic heterocycles. The first-order chi connectivity index (χ1) is 12.0. The fourth-order valence-corrected chi connectivity index (χ4v) is 3.95. The zero-order valence-corrected chi connectivity index (χ0v) is 15.4. The molecule has 0 fully saturated rings. The molecule has 1 amide bonds. The third kappa shape index (κ3) is 4.64. The van der Waals surface area contributed by atoms with Gasteiger partial charge in [0, 0.05) is 10.6 Å². The molecule has 0 aliphatic carbocycles. The van der Waals surface area contributed by atoms with Gasteiger partial charge in [-0.15, -0.1) is 22.0 Å². The van der Waals surface area contributed by atoms with Gasteiger partial charge in [-0.25, -0.2) is 4.39 Å². The van der Waals surface area contributed by atoms with Crippen molar-refractivity contribution < 1.29 is 9.18 Å². The number of hydrogen-bond acceptors (Lipinski definition) is 5. The van der Waals surface area contributed by atoms with Crippen LogP contribution in [0.25, 0.3) is 0 Å². The van der Waals surface area contributed by atoms with Crippen molar-refractivity contribution in [3.63, 3.8) is 0 Å². The van der Waals surface area contributed by atoms with E-state index in [2.05, 4.69) is 47.6 Å². The molecule has 1 aromatic heterocycles. The number of carbonyl (C=O) groups is 1. The van der Waals surface area contributed by atoms with E-state index >= 15 is 0 Å². The minimum absolute atomic E-state index is 0.292. The lowest BCUT2D eigenvalue weighted by molar-refractivity contribution is 0.102. The highest BCUT2D eigenvalue weighted by molar-refractivity contribution is 7.98. The number of rotatable bonds is 5. The largest absolute Gasteiger partial charge is 0.320 e. The van der Waals surface area contributed by atoms with Crippen LogP contribution in [0.1, 0.15) is 25.9 Å². The predicted octanol–water partition coefficient (Wildman–Crippen LogP) is 4.84. The van der Waals surface area contributed by atoms with Gasteiger partial charge in [0.2, 0.25) is 5.01 Å². The Labute approximate surface area is 153 Å². The molecule has 2 aromatic carbocycles. The van der Waals surface area contributed by atoms with Crippen molar-refractivity contribution in [2.24, 2.45) is 0 Å². The van der Waals surface area contributed by atoms with E-state index in [-0.39, 0.29) is 11.7 Å². The third-order valence-electron chi connectivity index (χ3n) is 3.44. The van der Waals surface area contributed by atoms with Crippen LogP contribution in [0.15, 0.2) is 47.4 Å². The van der Waals surface area contributed by atoms with Crippen molar-refractivity contribution in [2.75, 3.05) is 5.32 Å². The van der Waals surface area contributed by atoms with Crippen LogP contribution in [0.3, 0.4) is 0 Å². The number of benzene rings is 2. The number of amides is 1. The molecule has 0 atom stereocenters. The second-order valence-corrected chi connectivity index (χ2v) is 7.60. The summed E-state index contributed by atoms with van der Waals surface area (Å²) in [4.78, 5) is 13.4. The number of anilines is 1. The maximum absolute atomic E-state index is 12.9. The van der Waals surface area contributed by atoms with Gasteiger partial charge in [0.05, 0.1) is 5.75 Å². The van der Waals surface area contributed by atoms with Gasteiger partial charge in [0.15, 0.2) is 0 Å². The monoisotopic (exact) mass is 373 g/mol. The van der Waals surface area contributed by atoms with Crippen LogP contribution in [0, 0.1) is 19.7 Å². The molecule has 4 nitrogen and oxygen atoms in total. The molecule has 0 radical (unpaired) electrons. The molecular weight excluding hydrogens is 357 g/mol. The molecule has 7 heteroatoms. The standard InChI is InChI=1S/C18H16FN3OS2/c1-11-3-8-15(12(2)9-11)24-10-16-21-22-18(25-16)17(23)20-14-6-4-13(19)5-7-14/h3-9H,10H2,1-2H3,(H,20,23). The van der Waals surface area contributed by atoms with Crippen LogP contribution in [0.5, 0.6) is 0 Å². The van der Waals surface area contributed by atoms with Crippen LogP contribution >= 0.6 is 23.1 Å². The molecule has 3 aromatic rings. The Balaban J connectivity index is 1.61. The van der Waals surface area contributed by atoms with Gasteiger partial charge in [-0.1, -0.05) is 29.0 Å². The number of halogens is 1. The van der Waals surface area contributed by atoms with Gasteiger partial charge < -0.3 is 5.32 Å². The summed E-state index contributed by atoms with van der Waals surface area (Å²) in [5.74, 6) is -0.0303. The summed E-state index contributed by atoms with van der Waals surface area (Å²) in [5.41, 5.74) is 2.98. The number of aryl methyl sites for hydroxylation is 2. The number of nitrogens with zero attached hydrogens (tertiary/aromatic N) is 2. The second-order valence-electron chi connectivity index (χ2n) is 5.52. The molecule has 3 rings (SSSR count). The van der Waals surface area contributed by atoms with Crippen LogP contribution in [0.4, 0.5) is 10.1 Å². The molecule has 0 aliphatic rings. The first-order valence-electron chi connectivity index (χ1n) is 7.60. The zero-order valence-electron chi connectivity index (χ0n) is 13.7. The zero-order chi connectivity index (χ0) is 17.8. The summed E-state index contributed by atoms with van der Waals surface area (Å²) in [5, 5.41) is 11.8. The summed E-state index contributed by atoms with van der Waals surface area (Å²) >= 11 is 2.94. The fraction of sp³-hybridized carbons (Fsp3) is 0.167. The average Bonchev–Trinajstić information content (AvgIpc) is 3.05. The van der Waals surface area contributed by atoms with Crippen LogP contribution in [-0.2, 0) is 5.75 Å². The lowest BCUT2D eigenvalue weighted by atomic mass is 10.2. The summed E-state index contributed by atoms with van der Waals surface area (Å²) < 4.78 is 12.9. The van der Waals surface area contributed by atoms with Crippen molar-refractivity contribution in [2.45, 2.75) is 24.5 Å². The molecule has 25 heavy (non-hydrogen) atoms. The topological polar surface area (TPSA) is 54.9 Å². The molecular formula is C18H16FN3OS2. The second kappa shape index (κ2) is 7.76. The van der Waals surface area contributed by atoms with Crippen molar-refractivity contribution >= 4 is 34.7 Å². The van der Waals surface area contributed by atoms with Crippen molar-refractivity contribution in [1.29, 1.82) is 0 Å². The number of hydrogen-bond donors (Lipinski definition) is 1. The molecule has 0 saturated heterocycles. The third-order valence-corrected chi connectivity index (χ3v) is 5.74. The van der Waals surface area contributed by atoms with Gasteiger partial charge in [0.25, 0.3) is 5.91 Å². The normalized spacial score (nSPS) is 10.7. The Bertz CT molecular complexity index is 894. The molecule has 0 spiro atoms. The smallest absolute Gasteiger partial charge is 0.286 e. The highest BCUT2D eigenvalue weighted by Crippen LogP contribution is 2.28. The molecule has 1 N–H and O–H groups in total. The highest BCUT2D eigenvalue weighted by atomic mass is 32.2. The number of carbonyl (C=O) groups excluding carboxylic acids is 1. The van der Waals surface area contributed by atoms with Gasteiger partial charge >= 0.3 is 0 Å². The van der Waals surface area contributed by atoms with Crippen molar-refractivity contribution in [3.8, 4) is 0 Å². The van der Waals surface area contributed by atoms with Crippen LogP contribution in [0.2, 0.25) is 0 Å². The summed E-state index contributed by atoms with van der Waals surface area (Å²) in [6.45, 7) is 4.15. The highest BCUT2D eigenvalue weighted by Gasteiger charge is 2.13. The predicted molar refractivity (Wildman–Crippen MR) is 99.7 cm³/mol. The van der Waals surface area contributed by atoms with E-state index in [9.17, 15) is 9.18 Å². The number of thioether (sulfide) groups is 1. The average molecular weight is 373 g/mol. The number of aromatic nitrogens is 2. The van der Waals surface area contributed by atoms with E-state index in [0.717, 1.165) is 5.01 Å². The first kappa shape index (κ1) is 17.6. The SMILES string of the molecule is Cc1ccc(SCc2nnc(C(=O)Nc3ccc(F)cc3)s2)c(C)c1. The Morgan fingerprint density at radius 3 is 2.64 bits per heavy atom. The van der Waals surface area contributed by atoms with Gasteiger partial charge in [-0.05, 0) is 49.7 Å². The summed E-state index contributed by atoms with van der Waals surface area (Å²) in [6, 6.07) is 11.9. The number of nitrogens with one attached hydrogen (secondary N) is 1. The first-order valence-corrected chi connectivity index (χ1v) is 9.41. The van der Waals surface area contributed by atoms with Gasteiger partial charge in [0.1, 0.15) is 10.8 Å². The molecule has 0 unspecified atom stereocenters. The van der Waals surface area contributed by atoms with Gasteiger partial charge in [-0.3, -0.25) is 4.79 Å². The Morgan fingerprint density at radius 2 is 1.92 bits per heavy atom. The Morgan fingerprint density at radius 1 is 1.16 bits per heavy atom. The van der Waals surface area contributed by atoms with E-state index in [1.165, 1.54) is 51.6 Å². The van der Waals surface area contributed by atoms with E-state index < -0.39 is 0 Å². The fourth-order valence-electron chi connectivity index (χ4n) is 2.22. The van der Waals surface area contributed by atoms with Crippen molar-refractivity contribution in [3.05, 3.63) is 69.4 Å². The lowest BCUT2D eigenvalue weighted by Crippen LogP contribution is -2.11. The summed E-state index contributed by atoms with van der Waals surface area (Å²) in [7, 11) is 0. The Hall–Kier alpha value is -2.25. The van der Waals surface area contributed by atoms with E-state index in [4.69, 9.17) is 0 Å². The molecule has 0 bridgehead atoms. The lowest BCUT2D eigenvalue weighted by Gasteiger charge is -2.04. The molecule has 1 heterocycles. The molecule has 128 valence electrons. The van der Waals surface area contributed by atoms with E-state index in [1.807, 2.05) is 0 Å². The van der Waals surface area contributed by atoms with Gasteiger partial charge in [-0.2, -0.15) is 0 Å². The van der Waals surface area contributed by atoms with Crippen LogP contribution in [-0.4, -0.2) is 16.1 Å². The minimum atomic E-state index is -0.348.